The van der Waals surface area contributed by atoms with Gasteiger partial charge in [0.15, 0.2) is 0 Å². The highest BCUT2D eigenvalue weighted by atomic mass is 35.5. The Hall–Kier alpha value is 0.150. The number of thiol groups is 1. The van der Waals surface area contributed by atoms with Gasteiger partial charge in [-0.15, -0.1) is 0 Å². The van der Waals surface area contributed by atoms with Crippen LogP contribution in [0, 0.1) is 0 Å². The minimum Gasteiger partial charge on any atom is -0.175 e. The lowest BCUT2D eigenvalue weighted by Crippen LogP contribution is -1.81. The monoisotopic (exact) mass is 206 g/mol. The fourth-order valence-electron chi connectivity index (χ4n) is 0.811. The highest BCUT2D eigenvalue weighted by Crippen LogP contribution is 2.23. The molecule has 0 saturated heterocycles. The van der Waals surface area contributed by atoms with Crippen molar-refractivity contribution in [2.24, 2.45) is 0 Å². The first-order chi connectivity index (χ1) is 5.24. The van der Waals surface area contributed by atoms with Gasteiger partial charge in [-0.25, -0.2) is 0 Å². The second kappa shape index (κ2) is 4.24. The summed E-state index contributed by atoms with van der Waals surface area (Å²) in [5, 5.41) is 1.20. The van der Waals surface area contributed by atoms with E-state index in [1.54, 1.807) is 0 Å². The number of halogens is 2. The Morgan fingerprint density at radius 2 is 2.09 bits per heavy atom. The molecule has 0 unspecified atom stereocenters. The second-order valence-electron chi connectivity index (χ2n) is 2.26. The Morgan fingerprint density at radius 1 is 1.36 bits per heavy atom. The zero-order chi connectivity index (χ0) is 8.27. The minimum absolute atomic E-state index is 0.600. The Labute approximate surface area is 82.0 Å². The van der Waals surface area contributed by atoms with Gasteiger partial charge in [0.25, 0.3) is 0 Å². The van der Waals surface area contributed by atoms with Crippen LogP contribution in [0.2, 0.25) is 0 Å². The number of hydrogen-bond donors (Lipinski definition) is 1. The molecule has 60 valence electrons. The second-order valence-corrected chi connectivity index (χ2v) is 3.39. The molecule has 0 saturated carbocycles. The third kappa shape index (κ3) is 2.58. The van der Waals surface area contributed by atoms with E-state index in [0.29, 0.717) is 10.1 Å². The molecule has 0 amide bonds. The summed E-state index contributed by atoms with van der Waals surface area (Å²) in [6, 6.07) is 0. The van der Waals surface area contributed by atoms with Gasteiger partial charge in [0.1, 0.15) is 0 Å². The van der Waals surface area contributed by atoms with E-state index < -0.39 is 0 Å². The van der Waals surface area contributed by atoms with Crippen molar-refractivity contribution in [3.8, 4) is 0 Å². The molecule has 0 fully saturated rings. The van der Waals surface area contributed by atoms with Gasteiger partial charge in [0.05, 0.1) is 10.1 Å². The zero-order valence-electron chi connectivity index (χ0n) is 5.85. The Kier molecular flexibility index (Phi) is 3.57. The van der Waals surface area contributed by atoms with E-state index in [-0.39, 0.29) is 0 Å². The van der Waals surface area contributed by atoms with Crippen LogP contribution in [0.4, 0.5) is 0 Å². The average molecular weight is 207 g/mol. The number of allylic oxidation sites excluding steroid dienone is 5. The molecule has 0 N–H and O–H groups in total. The van der Waals surface area contributed by atoms with E-state index in [4.69, 9.17) is 23.2 Å². The molecule has 0 bridgehead atoms. The van der Waals surface area contributed by atoms with Crippen molar-refractivity contribution in [3.63, 3.8) is 0 Å². The first kappa shape index (κ1) is 9.24. The molecule has 3 heteroatoms. The summed E-state index contributed by atoms with van der Waals surface area (Å²) in [6.45, 7) is 0. The van der Waals surface area contributed by atoms with Gasteiger partial charge < -0.3 is 0 Å². The summed E-state index contributed by atoms with van der Waals surface area (Å²) in [5.41, 5.74) is 1.19. The van der Waals surface area contributed by atoms with Crippen molar-refractivity contribution in [2.45, 2.75) is 6.42 Å². The summed E-state index contributed by atoms with van der Waals surface area (Å²) < 4.78 is 0. The summed E-state index contributed by atoms with van der Waals surface area (Å²) in [6.07, 6.45) is 6.56. The molecular weight excluding hydrogens is 199 g/mol. The van der Waals surface area contributed by atoms with Crippen LogP contribution in [0.3, 0.4) is 0 Å². The van der Waals surface area contributed by atoms with E-state index in [9.17, 15) is 0 Å². The summed E-state index contributed by atoms with van der Waals surface area (Å²) in [4.78, 5) is 0. The number of rotatable bonds is 1. The third-order valence-electron chi connectivity index (χ3n) is 1.41. The van der Waals surface area contributed by atoms with Gasteiger partial charge in [-0.2, -0.15) is 12.6 Å². The molecule has 1 aliphatic rings. The summed E-state index contributed by atoms with van der Waals surface area (Å²) in [7, 11) is 0. The predicted molar refractivity (Wildman–Crippen MR) is 54.4 cm³/mol. The molecule has 1 rings (SSSR count). The van der Waals surface area contributed by atoms with Crippen molar-refractivity contribution >= 4 is 35.8 Å². The lowest BCUT2D eigenvalue weighted by atomic mass is 10.2. The van der Waals surface area contributed by atoms with Crippen LogP contribution < -0.4 is 0 Å². The van der Waals surface area contributed by atoms with Crippen LogP contribution in [0.25, 0.3) is 0 Å². The molecular formula is C8H8Cl2S. The van der Waals surface area contributed by atoms with E-state index in [0.717, 1.165) is 12.2 Å². The lowest BCUT2D eigenvalue weighted by molar-refractivity contribution is 1.23. The van der Waals surface area contributed by atoms with Crippen molar-refractivity contribution in [1.82, 2.24) is 0 Å². The third-order valence-corrected chi connectivity index (χ3v) is 2.55. The van der Waals surface area contributed by atoms with Gasteiger partial charge in [0.2, 0.25) is 0 Å². The SMILES string of the molecule is SCC1=CC(Cl)=C(Cl)C=CC1. The molecule has 0 heterocycles. The zero-order valence-corrected chi connectivity index (χ0v) is 8.26. The highest BCUT2D eigenvalue weighted by Gasteiger charge is 2.01. The summed E-state index contributed by atoms with van der Waals surface area (Å²) >= 11 is 15.8. The number of hydrogen-bond acceptors (Lipinski definition) is 1. The predicted octanol–water partition coefficient (Wildman–Crippen LogP) is 3.49. The topological polar surface area (TPSA) is 0 Å². The maximum atomic E-state index is 5.83. The van der Waals surface area contributed by atoms with Crippen molar-refractivity contribution in [2.75, 3.05) is 5.75 Å². The van der Waals surface area contributed by atoms with Crippen LogP contribution >= 0.6 is 35.8 Å². The van der Waals surface area contributed by atoms with Gasteiger partial charge in [-0.05, 0) is 18.6 Å². The van der Waals surface area contributed by atoms with Gasteiger partial charge in [0, 0.05) is 5.75 Å². The molecule has 0 aromatic heterocycles. The van der Waals surface area contributed by atoms with Crippen LogP contribution in [0.1, 0.15) is 6.42 Å². The van der Waals surface area contributed by atoms with Gasteiger partial charge >= 0.3 is 0 Å². The molecule has 0 radical (unpaired) electrons. The molecule has 0 atom stereocenters. The Bertz CT molecular complexity index is 238. The molecule has 0 nitrogen and oxygen atoms in total. The molecule has 0 aliphatic heterocycles. The van der Waals surface area contributed by atoms with Gasteiger partial charge in [-0.3, -0.25) is 0 Å². The molecule has 0 spiro atoms. The highest BCUT2D eigenvalue weighted by molar-refractivity contribution is 7.80. The van der Waals surface area contributed by atoms with E-state index in [1.165, 1.54) is 5.57 Å². The van der Waals surface area contributed by atoms with E-state index in [1.807, 2.05) is 18.2 Å². The molecule has 0 aromatic carbocycles. The Morgan fingerprint density at radius 3 is 2.73 bits per heavy atom. The van der Waals surface area contributed by atoms with Crippen molar-refractivity contribution < 1.29 is 0 Å². The molecule has 11 heavy (non-hydrogen) atoms. The van der Waals surface area contributed by atoms with Crippen LogP contribution in [-0.4, -0.2) is 5.75 Å². The minimum atomic E-state index is 0.600. The standard InChI is InChI=1S/C8H8Cl2S/c9-7-3-1-2-6(5-11)4-8(7)10/h1,3-4,11H,2,5H2. The lowest BCUT2D eigenvalue weighted by Gasteiger charge is -1.96. The van der Waals surface area contributed by atoms with Gasteiger partial charge in [-0.1, -0.05) is 34.9 Å². The van der Waals surface area contributed by atoms with Crippen LogP contribution in [0.5, 0.6) is 0 Å². The first-order valence-corrected chi connectivity index (χ1v) is 4.65. The maximum absolute atomic E-state index is 5.83. The normalized spacial score (nSPS) is 18.3. The average Bonchev–Trinajstić information content (AvgIpc) is 2.15. The Balaban J connectivity index is 2.92. The molecule has 0 aromatic rings. The fraction of sp³-hybridized carbons (Fsp3) is 0.250. The first-order valence-electron chi connectivity index (χ1n) is 3.26. The van der Waals surface area contributed by atoms with Crippen LogP contribution in [-0.2, 0) is 0 Å². The fourth-order valence-corrected chi connectivity index (χ4v) is 1.39. The molecule has 1 aliphatic carbocycles. The van der Waals surface area contributed by atoms with E-state index >= 15 is 0 Å². The van der Waals surface area contributed by atoms with Crippen LogP contribution in [0.15, 0.2) is 33.9 Å². The smallest absolute Gasteiger partial charge is 0.0592 e. The maximum Gasteiger partial charge on any atom is 0.0592 e. The van der Waals surface area contributed by atoms with E-state index in [2.05, 4.69) is 12.6 Å². The quantitative estimate of drug-likeness (QED) is 0.625. The largest absolute Gasteiger partial charge is 0.175 e. The van der Waals surface area contributed by atoms with Crippen molar-refractivity contribution in [1.29, 1.82) is 0 Å². The van der Waals surface area contributed by atoms with Crippen molar-refractivity contribution in [3.05, 3.63) is 33.9 Å². The summed E-state index contributed by atoms with van der Waals surface area (Å²) in [5.74, 6) is 0.727.